The minimum atomic E-state index is -0.809. The zero-order chi connectivity index (χ0) is 42.3. The van der Waals surface area contributed by atoms with Gasteiger partial charge in [0.25, 0.3) is 0 Å². The van der Waals surface area contributed by atoms with Gasteiger partial charge in [0, 0.05) is 19.3 Å². The monoisotopic (exact) mass is 803 g/mol. The Morgan fingerprint density at radius 3 is 1.21 bits per heavy atom. The lowest BCUT2D eigenvalue weighted by Crippen LogP contribution is -2.30. The molecule has 0 saturated carbocycles. The van der Waals surface area contributed by atoms with Crippen molar-refractivity contribution in [2.75, 3.05) is 13.2 Å². The first-order valence-electron chi connectivity index (χ1n) is 22.9. The molecule has 6 nitrogen and oxygen atoms in total. The zero-order valence-corrected chi connectivity index (χ0v) is 37.0. The molecule has 58 heavy (non-hydrogen) atoms. The average molecular weight is 803 g/mol. The fraction of sp³-hybridized carbons (Fsp3) is 0.596. The second-order valence-corrected chi connectivity index (χ2v) is 14.6. The number of unbranched alkanes of at least 4 members (excludes halogenated alkanes) is 13. The van der Waals surface area contributed by atoms with Crippen LogP contribution in [0.15, 0.2) is 109 Å². The molecule has 0 fully saturated rings. The molecule has 1 atom stereocenters. The third-order valence-electron chi connectivity index (χ3n) is 9.10. The largest absolute Gasteiger partial charge is 0.462 e. The fourth-order valence-electron chi connectivity index (χ4n) is 5.74. The van der Waals surface area contributed by atoms with E-state index in [2.05, 4.69) is 106 Å². The van der Waals surface area contributed by atoms with Gasteiger partial charge in [0.1, 0.15) is 13.2 Å². The van der Waals surface area contributed by atoms with Gasteiger partial charge in [-0.25, -0.2) is 0 Å². The van der Waals surface area contributed by atoms with E-state index in [4.69, 9.17) is 14.2 Å². The quantitative estimate of drug-likeness (QED) is 0.0202. The number of carbonyl (C=O) groups is 3. The van der Waals surface area contributed by atoms with Crippen molar-refractivity contribution in [1.82, 2.24) is 0 Å². The number of hydrogen-bond acceptors (Lipinski definition) is 6. The minimum Gasteiger partial charge on any atom is -0.462 e. The summed E-state index contributed by atoms with van der Waals surface area (Å²) in [6.07, 6.45) is 60.8. The average Bonchev–Trinajstić information content (AvgIpc) is 3.22. The van der Waals surface area contributed by atoms with Crippen molar-refractivity contribution < 1.29 is 28.6 Å². The van der Waals surface area contributed by atoms with E-state index < -0.39 is 6.10 Å². The highest BCUT2D eigenvalue weighted by atomic mass is 16.6. The molecule has 0 aliphatic carbocycles. The third kappa shape index (κ3) is 43.2. The zero-order valence-electron chi connectivity index (χ0n) is 37.0. The molecule has 0 N–H and O–H groups in total. The minimum absolute atomic E-state index is 0.108. The molecule has 0 aromatic carbocycles. The van der Waals surface area contributed by atoms with Gasteiger partial charge in [-0.05, 0) is 96.3 Å². The van der Waals surface area contributed by atoms with Gasteiger partial charge >= 0.3 is 17.9 Å². The molecule has 6 heteroatoms. The highest BCUT2D eigenvalue weighted by Crippen LogP contribution is 2.12. The Morgan fingerprint density at radius 2 is 0.707 bits per heavy atom. The molecule has 0 amide bonds. The van der Waals surface area contributed by atoms with Crippen LogP contribution in [0.3, 0.4) is 0 Å². The number of ether oxygens (including phenoxy) is 3. The lowest BCUT2D eigenvalue weighted by atomic mass is 10.1. The van der Waals surface area contributed by atoms with E-state index in [0.29, 0.717) is 12.8 Å². The Bertz CT molecular complexity index is 1240. The smallest absolute Gasteiger partial charge is 0.306 e. The van der Waals surface area contributed by atoms with E-state index in [1.165, 1.54) is 12.8 Å². The second kappa shape index (κ2) is 45.8. The number of rotatable bonds is 39. The molecule has 1 unspecified atom stereocenters. The summed E-state index contributed by atoms with van der Waals surface area (Å²) in [5.74, 6) is -0.993. The molecule has 326 valence electrons. The molecule has 0 bridgehead atoms. The summed E-state index contributed by atoms with van der Waals surface area (Å²) >= 11 is 0. The van der Waals surface area contributed by atoms with Crippen LogP contribution < -0.4 is 0 Å². The van der Waals surface area contributed by atoms with Gasteiger partial charge in [-0.3, -0.25) is 14.4 Å². The Hall–Kier alpha value is -3.93. The maximum atomic E-state index is 12.7. The number of hydrogen-bond donors (Lipinski definition) is 0. The van der Waals surface area contributed by atoms with Crippen molar-refractivity contribution in [2.24, 2.45) is 0 Å². The van der Waals surface area contributed by atoms with Crippen LogP contribution in [0.5, 0.6) is 0 Å². The van der Waals surface area contributed by atoms with Crippen LogP contribution in [0.25, 0.3) is 0 Å². The molecule has 0 rings (SSSR count). The topological polar surface area (TPSA) is 78.9 Å². The second-order valence-electron chi connectivity index (χ2n) is 14.6. The first-order valence-corrected chi connectivity index (χ1v) is 22.9. The molecule has 0 heterocycles. The van der Waals surface area contributed by atoms with Gasteiger partial charge in [0.05, 0.1) is 0 Å². The van der Waals surface area contributed by atoms with E-state index in [1.54, 1.807) is 0 Å². The highest BCUT2D eigenvalue weighted by molar-refractivity contribution is 5.71. The number of allylic oxidation sites excluding steroid dienone is 18. The molecule has 0 radical (unpaired) electrons. The van der Waals surface area contributed by atoms with Gasteiger partial charge in [-0.15, -0.1) is 0 Å². The Morgan fingerprint density at radius 1 is 0.362 bits per heavy atom. The van der Waals surface area contributed by atoms with Crippen molar-refractivity contribution in [1.29, 1.82) is 0 Å². The Labute approximate surface area is 355 Å². The standard InChI is InChI=1S/C52H82O6/c1-4-7-10-13-16-19-21-23-25-27-28-30-33-36-39-42-45-51(54)57-48-49(47-56-50(53)44-41-38-35-32-18-15-12-9-6-3)58-52(55)46-43-40-37-34-31-29-26-24-22-20-17-14-11-8-5-2/h7-12,14,16-20,22-26,32,49H,4-6,13,15,21,27-31,33-48H2,1-3H3/b10-7-,11-8-,12-9-,17-14-,19-16-,22-20-,25-23-,26-24-,32-18-. The van der Waals surface area contributed by atoms with Crippen molar-refractivity contribution in [3.63, 3.8) is 0 Å². The van der Waals surface area contributed by atoms with Crippen LogP contribution in [0.4, 0.5) is 0 Å². The summed E-state index contributed by atoms with van der Waals surface area (Å²) < 4.78 is 16.6. The number of carbonyl (C=O) groups excluding carboxylic acids is 3. The summed E-state index contributed by atoms with van der Waals surface area (Å²) in [6.45, 7) is 6.17. The van der Waals surface area contributed by atoms with E-state index >= 15 is 0 Å². The molecular formula is C52H82O6. The Balaban J connectivity index is 4.46. The third-order valence-corrected chi connectivity index (χ3v) is 9.10. The van der Waals surface area contributed by atoms with Gasteiger partial charge < -0.3 is 14.2 Å². The van der Waals surface area contributed by atoms with Crippen LogP contribution in [-0.4, -0.2) is 37.2 Å². The summed E-state index contributed by atoms with van der Waals surface area (Å²) in [6, 6.07) is 0. The molecule has 0 aliphatic heterocycles. The molecular weight excluding hydrogens is 721 g/mol. The molecule has 0 spiro atoms. The fourth-order valence-corrected chi connectivity index (χ4v) is 5.74. The molecule has 0 aromatic rings. The molecule has 0 aromatic heterocycles. The SMILES string of the molecule is CC\C=C/C=C\C=C/C=C\CCCCCCCC(=O)OC(COC(=O)CCCC/C=C\C/C=C\CC)COC(=O)CCCCCCCC/C=C\C/C=C\C/C=C\CC. The van der Waals surface area contributed by atoms with Crippen LogP contribution in [-0.2, 0) is 28.6 Å². The summed E-state index contributed by atoms with van der Waals surface area (Å²) in [4.78, 5) is 37.7. The van der Waals surface area contributed by atoms with Gasteiger partial charge in [0.2, 0.25) is 0 Å². The van der Waals surface area contributed by atoms with E-state index in [-0.39, 0.29) is 37.5 Å². The predicted octanol–water partition coefficient (Wildman–Crippen LogP) is 14.8. The van der Waals surface area contributed by atoms with Crippen molar-refractivity contribution in [3.8, 4) is 0 Å². The Kier molecular flexibility index (Phi) is 42.7. The first-order chi connectivity index (χ1) is 28.5. The van der Waals surface area contributed by atoms with Gasteiger partial charge in [-0.1, -0.05) is 175 Å². The number of esters is 3. The maximum absolute atomic E-state index is 12.7. The van der Waals surface area contributed by atoms with E-state index in [0.717, 1.165) is 128 Å². The van der Waals surface area contributed by atoms with Gasteiger partial charge in [-0.2, -0.15) is 0 Å². The predicted molar refractivity (Wildman–Crippen MR) is 247 cm³/mol. The highest BCUT2D eigenvalue weighted by Gasteiger charge is 2.19. The van der Waals surface area contributed by atoms with Gasteiger partial charge in [0.15, 0.2) is 6.10 Å². The van der Waals surface area contributed by atoms with Crippen LogP contribution in [0.2, 0.25) is 0 Å². The molecule has 0 aliphatic rings. The van der Waals surface area contributed by atoms with Crippen molar-refractivity contribution >= 4 is 17.9 Å². The summed E-state index contributed by atoms with van der Waals surface area (Å²) in [5.41, 5.74) is 0. The van der Waals surface area contributed by atoms with Crippen LogP contribution in [0, 0.1) is 0 Å². The van der Waals surface area contributed by atoms with E-state index in [9.17, 15) is 14.4 Å². The van der Waals surface area contributed by atoms with Crippen LogP contribution >= 0.6 is 0 Å². The molecule has 0 saturated heterocycles. The van der Waals surface area contributed by atoms with Crippen molar-refractivity contribution in [2.45, 2.75) is 187 Å². The van der Waals surface area contributed by atoms with E-state index in [1.807, 2.05) is 24.3 Å². The maximum Gasteiger partial charge on any atom is 0.306 e. The summed E-state index contributed by atoms with van der Waals surface area (Å²) in [7, 11) is 0. The van der Waals surface area contributed by atoms with Crippen LogP contribution in [0.1, 0.15) is 181 Å². The van der Waals surface area contributed by atoms with Crippen molar-refractivity contribution in [3.05, 3.63) is 109 Å². The lowest BCUT2D eigenvalue weighted by molar-refractivity contribution is -0.167. The summed E-state index contributed by atoms with van der Waals surface area (Å²) in [5, 5.41) is 0. The lowest BCUT2D eigenvalue weighted by Gasteiger charge is -2.18. The normalized spacial score (nSPS) is 13.1. The first kappa shape index (κ1) is 54.1.